The number of thioether (sulfide) groups is 1. The molecule has 0 saturated heterocycles. The van der Waals surface area contributed by atoms with Crippen LogP contribution in [0.1, 0.15) is 12.5 Å². The zero-order valence-corrected chi connectivity index (χ0v) is 14.0. The summed E-state index contributed by atoms with van der Waals surface area (Å²) in [6.45, 7) is 2.34. The lowest BCUT2D eigenvalue weighted by Crippen LogP contribution is -2.27. The summed E-state index contributed by atoms with van der Waals surface area (Å²) in [7, 11) is 1.93. The molecular weight excluding hydrogens is 308 g/mol. The van der Waals surface area contributed by atoms with Crippen molar-refractivity contribution in [2.75, 3.05) is 7.05 Å². The van der Waals surface area contributed by atoms with Crippen LogP contribution < -0.4 is 0 Å². The van der Waals surface area contributed by atoms with E-state index in [1.54, 1.807) is 6.92 Å². The molecule has 23 heavy (non-hydrogen) atoms. The molecule has 2 aromatic carbocycles. The van der Waals surface area contributed by atoms with Gasteiger partial charge in [-0.2, -0.15) is 0 Å². The molecule has 0 aliphatic heterocycles. The van der Waals surface area contributed by atoms with Gasteiger partial charge in [0.2, 0.25) is 0 Å². The van der Waals surface area contributed by atoms with Crippen molar-refractivity contribution in [1.29, 1.82) is 0 Å². The Balaban J connectivity index is 2.21. The maximum atomic E-state index is 11.2. The minimum absolute atomic E-state index is 0.560. The third kappa shape index (κ3) is 5.45. The van der Waals surface area contributed by atoms with Gasteiger partial charge in [-0.1, -0.05) is 60.3 Å². The Labute approximate surface area is 140 Å². The van der Waals surface area contributed by atoms with Gasteiger partial charge in [0.25, 0.3) is 0 Å². The number of para-hydroxylation sites is 1. The van der Waals surface area contributed by atoms with Gasteiger partial charge in [-0.05, 0) is 24.6 Å². The minimum atomic E-state index is -0.844. The molecule has 0 aliphatic rings. The number of carboxylic acids is 1. The number of aliphatic carboxylic acids is 1. The topological polar surface area (TPSA) is 52.9 Å². The van der Waals surface area contributed by atoms with Crippen molar-refractivity contribution in [2.24, 2.45) is 4.99 Å². The minimum Gasteiger partial charge on any atom is -0.480 e. The molecular formula is C18H20N2O2S. The van der Waals surface area contributed by atoms with E-state index in [9.17, 15) is 9.90 Å². The summed E-state index contributed by atoms with van der Waals surface area (Å²) in [6.07, 6.45) is 0. The molecule has 5 heteroatoms. The summed E-state index contributed by atoms with van der Waals surface area (Å²) >= 11 is 1.25. The first-order valence-electron chi connectivity index (χ1n) is 7.34. The molecule has 0 heterocycles. The summed E-state index contributed by atoms with van der Waals surface area (Å²) in [4.78, 5) is 17.8. The van der Waals surface area contributed by atoms with Crippen LogP contribution in [-0.2, 0) is 11.3 Å². The predicted octanol–water partition coefficient (Wildman–Crippen LogP) is 4.01. The summed E-state index contributed by atoms with van der Waals surface area (Å²) < 4.78 is 0. The fourth-order valence-electron chi connectivity index (χ4n) is 1.95. The standard InChI is InChI=1S/C18H20N2O2S/c1-14(17(21)22)23-18(19-16-11-7-4-8-12-16)20(2)13-15-9-5-3-6-10-15/h3-12,14H,13H2,1-2H3,(H,21,22)/t14-/m0/s1. The molecule has 0 fully saturated rings. The second kappa shape index (κ2) is 8.39. The van der Waals surface area contributed by atoms with Gasteiger partial charge >= 0.3 is 5.97 Å². The molecule has 0 unspecified atom stereocenters. The van der Waals surface area contributed by atoms with Crippen LogP contribution in [0, 0.1) is 0 Å². The highest BCUT2D eigenvalue weighted by Gasteiger charge is 2.18. The maximum absolute atomic E-state index is 11.2. The largest absolute Gasteiger partial charge is 0.480 e. The number of carbonyl (C=O) groups is 1. The van der Waals surface area contributed by atoms with E-state index in [2.05, 4.69) is 4.99 Å². The molecule has 0 aliphatic carbocycles. The van der Waals surface area contributed by atoms with Crippen molar-refractivity contribution in [3.63, 3.8) is 0 Å². The number of rotatable bonds is 5. The molecule has 0 saturated carbocycles. The van der Waals surface area contributed by atoms with E-state index >= 15 is 0 Å². The highest BCUT2D eigenvalue weighted by Crippen LogP contribution is 2.21. The molecule has 120 valence electrons. The van der Waals surface area contributed by atoms with Crippen LogP contribution in [-0.4, -0.2) is 33.4 Å². The first kappa shape index (κ1) is 17.1. The zero-order chi connectivity index (χ0) is 16.7. The lowest BCUT2D eigenvalue weighted by atomic mass is 10.2. The number of amidine groups is 1. The zero-order valence-electron chi connectivity index (χ0n) is 13.2. The van der Waals surface area contributed by atoms with E-state index in [0.29, 0.717) is 11.7 Å². The van der Waals surface area contributed by atoms with E-state index in [0.717, 1.165) is 11.3 Å². The Morgan fingerprint density at radius 2 is 1.70 bits per heavy atom. The van der Waals surface area contributed by atoms with Crippen LogP contribution in [0.4, 0.5) is 5.69 Å². The van der Waals surface area contributed by atoms with Gasteiger partial charge in [0, 0.05) is 13.6 Å². The lowest BCUT2D eigenvalue weighted by Gasteiger charge is -2.22. The van der Waals surface area contributed by atoms with Crippen molar-refractivity contribution in [3.05, 3.63) is 66.2 Å². The van der Waals surface area contributed by atoms with Crippen molar-refractivity contribution in [1.82, 2.24) is 4.90 Å². The molecule has 2 aromatic rings. The molecule has 0 radical (unpaired) electrons. The second-order valence-electron chi connectivity index (χ2n) is 5.17. The number of benzene rings is 2. The quantitative estimate of drug-likeness (QED) is 0.665. The Hall–Kier alpha value is -2.27. The summed E-state index contributed by atoms with van der Waals surface area (Å²) in [6, 6.07) is 19.6. The van der Waals surface area contributed by atoms with Gasteiger partial charge < -0.3 is 10.0 Å². The van der Waals surface area contributed by atoms with E-state index in [1.165, 1.54) is 11.8 Å². The third-order valence-corrected chi connectivity index (χ3v) is 4.37. The smallest absolute Gasteiger partial charge is 0.316 e. The van der Waals surface area contributed by atoms with Gasteiger partial charge in [-0.15, -0.1) is 0 Å². The molecule has 4 nitrogen and oxygen atoms in total. The first-order valence-corrected chi connectivity index (χ1v) is 8.22. The van der Waals surface area contributed by atoms with E-state index < -0.39 is 11.2 Å². The van der Waals surface area contributed by atoms with Gasteiger partial charge in [0.05, 0.1) is 5.69 Å². The van der Waals surface area contributed by atoms with Gasteiger partial charge in [-0.3, -0.25) is 4.79 Å². The Bertz CT molecular complexity index is 659. The molecule has 0 aromatic heterocycles. The highest BCUT2D eigenvalue weighted by molar-refractivity contribution is 8.14. The normalized spacial score (nSPS) is 12.7. The average molecular weight is 328 g/mol. The van der Waals surface area contributed by atoms with Gasteiger partial charge in [0.1, 0.15) is 5.25 Å². The summed E-state index contributed by atoms with van der Waals surface area (Å²) in [5.74, 6) is -0.844. The average Bonchev–Trinajstić information content (AvgIpc) is 2.56. The Kier molecular flexibility index (Phi) is 6.23. The Morgan fingerprint density at radius 1 is 1.13 bits per heavy atom. The van der Waals surface area contributed by atoms with Crippen LogP contribution in [0.15, 0.2) is 65.7 Å². The number of hydrogen-bond donors (Lipinski definition) is 1. The fraction of sp³-hybridized carbons (Fsp3) is 0.222. The highest BCUT2D eigenvalue weighted by atomic mass is 32.2. The van der Waals surface area contributed by atoms with Crippen LogP contribution in [0.2, 0.25) is 0 Å². The van der Waals surface area contributed by atoms with Crippen molar-refractivity contribution in [3.8, 4) is 0 Å². The maximum Gasteiger partial charge on any atom is 0.316 e. The van der Waals surface area contributed by atoms with Crippen LogP contribution in [0.3, 0.4) is 0 Å². The van der Waals surface area contributed by atoms with Gasteiger partial charge in [-0.25, -0.2) is 4.99 Å². The summed E-state index contributed by atoms with van der Waals surface area (Å²) in [5, 5.41) is 9.30. The predicted molar refractivity (Wildman–Crippen MR) is 96.1 cm³/mol. The molecule has 0 spiro atoms. The Morgan fingerprint density at radius 3 is 2.26 bits per heavy atom. The third-order valence-electron chi connectivity index (χ3n) is 3.20. The van der Waals surface area contributed by atoms with Crippen molar-refractivity contribution in [2.45, 2.75) is 18.7 Å². The first-order chi connectivity index (χ1) is 11.1. The van der Waals surface area contributed by atoms with Crippen molar-refractivity contribution >= 4 is 28.6 Å². The molecule has 2 rings (SSSR count). The van der Waals surface area contributed by atoms with Crippen LogP contribution in [0.5, 0.6) is 0 Å². The fourth-order valence-corrected chi connectivity index (χ4v) is 2.77. The second-order valence-corrected chi connectivity index (χ2v) is 6.48. The number of nitrogens with zero attached hydrogens (tertiary/aromatic N) is 2. The van der Waals surface area contributed by atoms with Gasteiger partial charge in [0.15, 0.2) is 5.17 Å². The number of carboxylic acid groups (broad SMARTS) is 1. The van der Waals surface area contributed by atoms with Crippen molar-refractivity contribution < 1.29 is 9.90 Å². The lowest BCUT2D eigenvalue weighted by molar-refractivity contribution is -0.136. The monoisotopic (exact) mass is 328 g/mol. The molecule has 0 amide bonds. The molecule has 1 N–H and O–H groups in total. The molecule has 0 bridgehead atoms. The number of aliphatic imine (C=N–C) groups is 1. The van der Waals surface area contributed by atoms with E-state index in [-0.39, 0.29) is 0 Å². The molecule has 1 atom stereocenters. The van der Waals surface area contributed by atoms with E-state index in [4.69, 9.17) is 0 Å². The number of hydrogen-bond acceptors (Lipinski definition) is 3. The van der Waals surface area contributed by atoms with Crippen LogP contribution in [0.25, 0.3) is 0 Å². The van der Waals surface area contributed by atoms with E-state index in [1.807, 2.05) is 72.6 Å². The van der Waals surface area contributed by atoms with Crippen LogP contribution >= 0.6 is 11.8 Å². The summed E-state index contributed by atoms with van der Waals surface area (Å²) in [5.41, 5.74) is 1.96. The SMILES string of the molecule is C[C@H](SC(=Nc1ccccc1)N(C)Cc1ccccc1)C(=O)O.